The summed E-state index contributed by atoms with van der Waals surface area (Å²) in [6.45, 7) is 4.62. The van der Waals surface area contributed by atoms with Crippen LogP contribution in [0.15, 0.2) is 30.3 Å². The summed E-state index contributed by atoms with van der Waals surface area (Å²) in [6.07, 6.45) is 1.26. The van der Waals surface area contributed by atoms with Crippen molar-refractivity contribution in [2.75, 3.05) is 6.54 Å². The molecule has 7 heteroatoms. The van der Waals surface area contributed by atoms with E-state index in [2.05, 4.69) is 10.6 Å². The van der Waals surface area contributed by atoms with Crippen molar-refractivity contribution < 1.29 is 19.6 Å². The lowest BCUT2D eigenvalue weighted by molar-refractivity contribution is -0.131. The summed E-state index contributed by atoms with van der Waals surface area (Å²) >= 11 is 0. The molecule has 0 bridgehead atoms. The Balaban J connectivity index is 1.95. The molecule has 1 heterocycles. The first-order chi connectivity index (χ1) is 11.9. The molecule has 0 aliphatic carbocycles. The number of amides is 2. The van der Waals surface area contributed by atoms with Crippen LogP contribution in [0.4, 0.5) is 0 Å². The van der Waals surface area contributed by atoms with Gasteiger partial charge in [0, 0.05) is 18.2 Å². The Morgan fingerprint density at radius 2 is 1.96 bits per heavy atom. The van der Waals surface area contributed by atoms with Crippen molar-refractivity contribution in [3.05, 3.63) is 35.9 Å². The minimum Gasteiger partial charge on any atom is -0.427 e. The van der Waals surface area contributed by atoms with Gasteiger partial charge in [-0.1, -0.05) is 44.2 Å². The van der Waals surface area contributed by atoms with Crippen molar-refractivity contribution in [1.29, 1.82) is 0 Å². The summed E-state index contributed by atoms with van der Waals surface area (Å²) < 4.78 is 0. The van der Waals surface area contributed by atoms with Crippen LogP contribution in [-0.4, -0.2) is 41.6 Å². The van der Waals surface area contributed by atoms with Crippen molar-refractivity contribution in [1.82, 2.24) is 10.6 Å². The molecule has 1 saturated heterocycles. The normalized spacial score (nSPS) is 21.2. The molecular weight excluding hydrogens is 319 g/mol. The molecule has 0 aromatic heterocycles. The first-order valence-electron chi connectivity index (χ1n) is 8.86. The number of nitrogens with one attached hydrogen (secondary N) is 2. The Morgan fingerprint density at radius 3 is 2.56 bits per heavy atom. The van der Waals surface area contributed by atoms with Gasteiger partial charge in [-0.15, -0.1) is 0 Å². The molecule has 6 nitrogen and oxygen atoms in total. The fourth-order valence-corrected chi connectivity index (χ4v) is 3.46. The van der Waals surface area contributed by atoms with E-state index in [0.29, 0.717) is 6.42 Å². The lowest BCUT2D eigenvalue weighted by atomic mass is 9.67. The molecule has 2 rings (SSSR count). The fourth-order valence-electron chi connectivity index (χ4n) is 3.46. The molecule has 25 heavy (non-hydrogen) atoms. The zero-order chi connectivity index (χ0) is 18.4. The third-order valence-electron chi connectivity index (χ3n) is 4.64. The van der Waals surface area contributed by atoms with Crippen molar-refractivity contribution in [3.8, 4) is 0 Å². The second kappa shape index (κ2) is 9.13. The maximum atomic E-state index is 12.5. The Bertz CT molecular complexity index is 580. The summed E-state index contributed by atoms with van der Waals surface area (Å²) in [5, 5.41) is 24.4. The smallest absolute Gasteiger partial charge is 0.427 e. The molecule has 136 valence electrons. The summed E-state index contributed by atoms with van der Waals surface area (Å²) in [5.41, 5.74) is 1.07. The van der Waals surface area contributed by atoms with E-state index in [-0.39, 0.29) is 24.2 Å². The van der Waals surface area contributed by atoms with Crippen molar-refractivity contribution in [3.63, 3.8) is 0 Å². The Hall–Kier alpha value is -1.70. The van der Waals surface area contributed by atoms with E-state index in [0.717, 1.165) is 18.5 Å². The van der Waals surface area contributed by atoms with Gasteiger partial charge in [-0.25, -0.2) is 0 Å². The van der Waals surface area contributed by atoms with E-state index in [4.69, 9.17) is 0 Å². The largest absolute Gasteiger partial charge is 0.455 e. The molecule has 0 unspecified atom stereocenters. The average molecular weight is 346 g/mol. The standard InChI is InChI=1S/C18H27BN2O4/c1-12(2)10-14(19(24)25)11-16(22)21-18(23)17-15(8-9-20-17)13-6-4-3-5-7-13/h3-7,12,14-15,17,20,24-25H,8-11H2,1-2H3,(H,21,22,23)/t14-,15+,17+/m1/s1. The number of rotatable bonds is 7. The molecule has 0 saturated carbocycles. The summed E-state index contributed by atoms with van der Waals surface area (Å²) in [7, 11) is -1.56. The topological polar surface area (TPSA) is 98.7 Å². The minimum absolute atomic E-state index is 0.0314. The van der Waals surface area contributed by atoms with Gasteiger partial charge >= 0.3 is 7.12 Å². The summed E-state index contributed by atoms with van der Waals surface area (Å²) in [6, 6.07) is 9.33. The first-order valence-corrected chi connectivity index (χ1v) is 8.86. The molecule has 1 aliphatic heterocycles. The highest BCUT2D eigenvalue weighted by Crippen LogP contribution is 2.28. The quantitative estimate of drug-likeness (QED) is 0.554. The van der Waals surface area contributed by atoms with Crippen LogP contribution in [0.3, 0.4) is 0 Å². The highest BCUT2D eigenvalue weighted by molar-refractivity contribution is 6.43. The summed E-state index contributed by atoms with van der Waals surface area (Å²) in [5.74, 6) is -1.14. The van der Waals surface area contributed by atoms with E-state index in [9.17, 15) is 19.6 Å². The van der Waals surface area contributed by atoms with Crippen LogP contribution in [0, 0.1) is 5.92 Å². The molecule has 4 N–H and O–H groups in total. The predicted molar refractivity (Wildman–Crippen MR) is 96.8 cm³/mol. The maximum absolute atomic E-state index is 12.5. The van der Waals surface area contributed by atoms with Gasteiger partial charge < -0.3 is 15.4 Å². The molecule has 1 fully saturated rings. The molecule has 1 aromatic carbocycles. The van der Waals surface area contributed by atoms with Gasteiger partial charge in [0.25, 0.3) is 0 Å². The van der Waals surface area contributed by atoms with Gasteiger partial charge in [0.15, 0.2) is 0 Å². The summed E-state index contributed by atoms with van der Waals surface area (Å²) in [4.78, 5) is 24.7. The third-order valence-corrected chi connectivity index (χ3v) is 4.64. The van der Waals surface area contributed by atoms with E-state index in [1.165, 1.54) is 0 Å². The molecule has 1 aliphatic rings. The van der Waals surface area contributed by atoms with E-state index in [1.807, 2.05) is 44.2 Å². The van der Waals surface area contributed by atoms with Gasteiger partial charge in [-0.05, 0) is 30.9 Å². The molecule has 0 spiro atoms. The maximum Gasteiger partial charge on any atom is 0.455 e. The Kier molecular flexibility index (Phi) is 7.17. The third kappa shape index (κ3) is 5.66. The second-order valence-electron chi connectivity index (χ2n) is 7.16. The van der Waals surface area contributed by atoms with Crippen molar-refractivity contribution in [2.24, 2.45) is 5.92 Å². The van der Waals surface area contributed by atoms with Crippen LogP contribution >= 0.6 is 0 Å². The van der Waals surface area contributed by atoms with Crippen molar-refractivity contribution in [2.45, 2.75) is 50.9 Å². The monoisotopic (exact) mass is 346 g/mol. The lowest BCUT2D eigenvalue weighted by Gasteiger charge is -2.21. The Labute approximate surface area is 149 Å². The minimum atomic E-state index is -1.56. The number of benzene rings is 1. The van der Waals surface area contributed by atoms with Gasteiger partial charge in [0.1, 0.15) is 0 Å². The molecule has 3 atom stereocenters. The molecule has 0 radical (unpaired) electrons. The number of imide groups is 1. The average Bonchev–Trinajstić information content (AvgIpc) is 3.04. The van der Waals surface area contributed by atoms with Crippen LogP contribution in [0.1, 0.15) is 44.6 Å². The van der Waals surface area contributed by atoms with Gasteiger partial charge in [0.2, 0.25) is 11.8 Å². The lowest BCUT2D eigenvalue weighted by Crippen LogP contribution is -2.46. The van der Waals surface area contributed by atoms with Crippen LogP contribution in [-0.2, 0) is 9.59 Å². The zero-order valence-corrected chi connectivity index (χ0v) is 14.8. The molecule has 2 amide bonds. The van der Waals surface area contributed by atoms with Gasteiger partial charge in [-0.2, -0.15) is 0 Å². The second-order valence-corrected chi connectivity index (χ2v) is 7.16. The Morgan fingerprint density at radius 1 is 1.28 bits per heavy atom. The van der Waals surface area contributed by atoms with Crippen molar-refractivity contribution >= 4 is 18.9 Å². The van der Waals surface area contributed by atoms with E-state index in [1.54, 1.807) is 0 Å². The van der Waals surface area contributed by atoms with Crippen LogP contribution < -0.4 is 10.6 Å². The molecular formula is C18H27BN2O4. The van der Waals surface area contributed by atoms with Crippen LogP contribution in [0.2, 0.25) is 5.82 Å². The number of carbonyl (C=O) groups is 2. The van der Waals surface area contributed by atoms with E-state index < -0.39 is 24.9 Å². The number of hydrogen-bond donors (Lipinski definition) is 4. The highest BCUT2D eigenvalue weighted by Gasteiger charge is 2.35. The van der Waals surface area contributed by atoms with Gasteiger partial charge in [0.05, 0.1) is 6.04 Å². The fraction of sp³-hybridized carbons (Fsp3) is 0.556. The number of hydrogen-bond acceptors (Lipinski definition) is 5. The van der Waals surface area contributed by atoms with E-state index >= 15 is 0 Å². The molecule has 1 aromatic rings. The SMILES string of the molecule is CC(C)C[C@H](CC(=O)NC(=O)[C@H]1NCC[C@H]1c1ccccc1)B(O)O. The number of carbonyl (C=O) groups excluding carboxylic acids is 2. The van der Waals surface area contributed by atoms with Crippen LogP contribution in [0.5, 0.6) is 0 Å². The first kappa shape index (κ1) is 19.6. The van der Waals surface area contributed by atoms with Crippen LogP contribution in [0.25, 0.3) is 0 Å². The highest BCUT2D eigenvalue weighted by atomic mass is 16.4. The predicted octanol–water partition coefficient (Wildman–Crippen LogP) is 1.05. The van der Waals surface area contributed by atoms with Gasteiger partial charge in [-0.3, -0.25) is 14.9 Å². The zero-order valence-electron chi connectivity index (χ0n) is 14.8.